The zero-order chi connectivity index (χ0) is 19.7. The predicted molar refractivity (Wildman–Crippen MR) is 109 cm³/mol. The van der Waals surface area contributed by atoms with E-state index >= 15 is 0 Å². The largest absolute Gasteiger partial charge is 0.491 e. The van der Waals surface area contributed by atoms with Gasteiger partial charge in [-0.25, -0.2) is 13.1 Å². The summed E-state index contributed by atoms with van der Waals surface area (Å²) in [6.45, 7) is 7.64. The molecule has 2 aromatic carbocycles. The summed E-state index contributed by atoms with van der Waals surface area (Å²) in [6.07, 6.45) is 2.56. The van der Waals surface area contributed by atoms with E-state index in [9.17, 15) is 8.42 Å². The van der Waals surface area contributed by atoms with Gasteiger partial charge >= 0.3 is 0 Å². The molecule has 0 atom stereocenters. The van der Waals surface area contributed by atoms with E-state index in [0.29, 0.717) is 12.2 Å². The Labute approximate surface area is 160 Å². The third-order valence-corrected chi connectivity index (χ3v) is 5.94. The number of aromatic nitrogens is 1. The van der Waals surface area contributed by atoms with Crippen LogP contribution >= 0.6 is 0 Å². The number of benzene rings is 2. The Bertz CT molecular complexity index is 1020. The maximum atomic E-state index is 12.8. The highest BCUT2D eigenvalue weighted by molar-refractivity contribution is 7.89. The minimum absolute atomic E-state index is 0.0423. The molecule has 0 saturated carbocycles. The molecule has 0 saturated heterocycles. The molecule has 144 valence electrons. The third kappa shape index (κ3) is 4.70. The van der Waals surface area contributed by atoms with Crippen LogP contribution in [0.3, 0.4) is 0 Å². The molecule has 0 fully saturated rings. The number of para-hydroxylation sites is 1. The first-order chi connectivity index (χ1) is 12.7. The molecular formula is C21H26N2O3S. The summed E-state index contributed by atoms with van der Waals surface area (Å²) < 4.78 is 34.0. The lowest BCUT2D eigenvalue weighted by molar-refractivity contribution is 0.242. The Morgan fingerprint density at radius 1 is 1.07 bits per heavy atom. The molecular weight excluding hydrogens is 360 g/mol. The number of sulfonamides is 1. The van der Waals surface area contributed by atoms with Crippen LogP contribution in [0.25, 0.3) is 10.9 Å². The molecule has 0 aliphatic carbocycles. The zero-order valence-corrected chi connectivity index (χ0v) is 16.9. The summed E-state index contributed by atoms with van der Waals surface area (Å²) in [5.41, 5.74) is 1.49. The molecule has 0 spiro atoms. The van der Waals surface area contributed by atoms with E-state index in [1.54, 1.807) is 24.3 Å². The minimum Gasteiger partial charge on any atom is -0.491 e. The predicted octanol–water partition coefficient (Wildman–Crippen LogP) is 4.25. The molecule has 0 aliphatic heterocycles. The molecule has 3 rings (SSSR count). The van der Waals surface area contributed by atoms with Crippen molar-refractivity contribution in [3.05, 3.63) is 60.3 Å². The number of rotatable bonds is 7. The highest BCUT2D eigenvalue weighted by Gasteiger charge is 2.27. The van der Waals surface area contributed by atoms with E-state index in [2.05, 4.69) is 9.71 Å². The van der Waals surface area contributed by atoms with E-state index in [-0.39, 0.29) is 11.0 Å². The van der Waals surface area contributed by atoms with Gasteiger partial charge in [0.15, 0.2) is 0 Å². The Morgan fingerprint density at radius 3 is 2.41 bits per heavy atom. The van der Waals surface area contributed by atoms with Crippen molar-refractivity contribution >= 4 is 20.9 Å². The number of nitrogens with one attached hydrogen (secondary N) is 2. The van der Waals surface area contributed by atoms with Gasteiger partial charge in [0.25, 0.3) is 0 Å². The van der Waals surface area contributed by atoms with Gasteiger partial charge in [-0.3, -0.25) is 0 Å². The minimum atomic E-state index is -3.64. The summed E-state index contributed by atoms with van der Waals surface area (Å²) in [4.78, 5) is 3.46. The lowest BCUT2D eigenvalue weighted by atomic mass is 9.96. The number of fused-ring (bicyclic) bond motifs is 1. The van der Waals surface area contributed by atoms with Gasteiger partial charge in [-0.1, -0.05) is 18.2 Å². The first kappa shape index (κ1) is 19.5. The Balaban J connectivity index is 1.77. The lowest BCUT2D eigenvalue weighted by Gasteiger charge is -2.26. The van der Waals surface area contributed by atoms with Crippen molar-refractivity contribution in [2.75, 3.05) is 0 Å². The van der Waals surface area contributed by atoms with E-state index in [4.69, 9.17) is 4.74 Å². The van der Waals surface area contributed by atoms with Gasteiger partial charge in [0.2, 0.25) is 10.0 Å². The van der Waals surface area contributed by atoms with Crippen molar-refractivity contribution in [1.29, 1.82) is 0 Å². The summed E-state index contributed by atoms with van der Waals surface area (Å²) in [7, 11) is -3.64. The highest BCUT2D eigenvalue weighted by atomic mass is 32.2. The first-order valence-corrected chi connectivity index (χ1v) is 10.5. The van der Waals surface area contributed by atoms with E-state index < -0.39 is 15.6 Å². The zero-order valence-electron chi connectivity index (χ0n) is 16.1. The normalized spacial score (nSPS) is 12.6. The maximum Gasteiger partial charge on any atom is 0.241 e. The van der Waals surface area contributed by atoms with Crippen LogP contribution in [-0.4, -0.2) is 25.0 Å². The van der Waals surface area contributed by atoms with E-state index in [1.165, 1.54) is 0 Å². The molecule has 3 aromatic rings. The van der Waals surface area contributed by atoms with Crippen LogP contribution in [-0.2, 0) is 16.4 Å². The van der Waals surface area contributed by atoms with Crippen molar-refractivity contribution < 1.29 is 13.2 Å². The SMILES string of the molecule is CC(C)Oc1ccc(S(=O)(=O)NC(C)(C)Cc2c[nH]c3ccccc23)cc1. The van der Waals surface area contributed by atoms with Crippen molar-refractivity contribution in [2.45, 2.75) is 50.7 Å². The molecule has 27 heavy (non-hydrogen) atoms. The van der Waals surface area contributed by atoms with Gasteiger partial charge in [0, 0.05) is 22.6 Å². The van der Waals surface area contributed by atoms with Gasteiger partial charge in [0.05, 0.1) is 11.0 Å². The quantitative estimate of drug-likeness (QED) is 0.637. The molecule has 6 heteroatoms. The molecule has 0 unspecified atom stereocenters. The number of hydrogen-bond donors (Lipinski definition) is 2. The fourth-order valence-corrected chi connectivity index (χ4v) is 4.59. The Kier molecular flexibility index (Phi) is 5.31. The fraction of sp³-hybridized carbons (Fsp3) is 0.333. The molecule has 2 N–H and O–H groups in total. The van der Waals surface area contributed by atoms with Gasteiger partial charge in [-0.05, 0) is 70.0 Å². The summed E-state index contributed by atoms with van der Waals surface area (Å²) >= 11 is 0. The number of ether oxygens (including phenoxy) is 1. The van der Waals surface area contributed by atoms with Crippen LogP contribution in [0.4, 0.5) is 0 Å². The van der Waals surface area contributed by atoms with Crippen LogP contribution in [0.15, 0.2) is 59.6 Å². The first-order valence-electron chi connectivity index (χ1n) is 9.02. The van der Waals surface area contributed by atoms with Crippen LogP contribution in [0.2, 0.25) is 0 Å². The number of H-pyrrole nitrogens is 1. The molecule has 1 aromatic heterocycles. The molecule has 1 heterocycles. The third-order valence-electron chi connectivity index (χ3n) is 4.22. The van der Waals surface area contributed by atoms with Gasteiger partial charge in [-0.2, -0.15) is 0 Å². The topological polar surface area (TPSA) is 71.2 Å². The molecule has 0 radical (unpaired) electrons. The second kappa shape index (κ2) is 7.37. The Morgan fingerprint density at radius 2 is 1.74 bits per heavy atom. The van der Waals surface area contributed by atoms with Crippen molar-refractivity contribution in [1.82, 2.24) is 9.71 Å². The van der Waals surface area contributed by atoms with Crippen molar-refractivity contribution in [3.8, 4) is 5.75 Å². The maximum absolute atomic E-state index is 12.8. The summed E-state index contributed by atoms with van der Waals surface area (Å²) in [6, 6.07) is 14.5. The average Bonchev–Trinajstić information content (AvgIpc) is 2.96. The lowest BCUT2D eigenvalue weighted by Crippen LogP contribution is -2.44. The standard InChI is InChI=1S/C21H26N2O3S/c1-15(2)26-17-9-11-18(12-10-17)27(24,25)23-21(3,4)13-16-14-22-20-8-6-5-7-19(16)20/h5-12,14-15,22-23H,13H2,1-4H3. The fourth-order valence-electron chi connectivity index (χ4n) is 3.18. The van der Waals surface area contributed by atoms with Crippen LogP contribution in [0.1, 0.15) is 33.3 Å². The molecule has 0 aliphatic rings. The van der Waals surface area contributed by atoms with Gasteiger partial charge in [0.1, 0.15) is 5.75 Å². The molecule has 0 amide bonds. The second-order valence-corrected chi connectivity index (χ2v) is 9.35. The van der Waals surface area contributed by atoms with Crippen LogP contribution < -0.4 is 9.46 Å². The van der Waals surface area contributed by atoms with Crippen molar-refractivity contribution in [3.63, 3.8) is 0 Å². The van der Waals surface area contributed by atoms with Crippen LogP contribution in [0.5, 0.6) is 5.75 Å². The second-order valence-electron chi connectivity index (χ2n) is 7.66. The summed E-state index contributed by atoms with van der Waals surface area (Å²) in [5.74, 6) is 0.655. The van der Waals surface area contributed by atoms with E-state index in [0.717, 1.165) is 16.5 Å². The molecule has 5 nitrogen and oxygen atoms in total. The number of hydrogen-bond acceptors (Lipinski definition) is 3. The monoisotopic (exact) mass is 386 g/mol. The van der Waals surface area contributed by atoms with E-state index in [1.807, 2.05) is 58.2 Å². The Hall–Kier alpha value is -2.31. The van der Waals surface area contributed by atoms with Gasteiger partial charge < -0.3 is 9.72 Å². The highest BCUT2D eigenvalue weighted by Crippen LogP contribution is 2.24. The van der Waals surface area contributed by atoms with Crippen LogP contribution in [0, 0.1) is 0 Å². The average molecular weight is 387 g/mol. The number of aromatic amines is 1. The summed E-state index contributed by atoms with van der Waals surface area (Å²) in [5, 5.41) is 1.11. The van der Waals surface area contributed by atoms with Crippen molar-refractivity contribution in [2.24, 2.45) is 0 Å². The van der Waals surface area contributed by atoms with Gasteiger partial charge in [-0.15, -0.1) is 0 Å². The molecule has 0 bridgehead atoms. The smallest absolute Gasteiger partial charge is 0.241 e.